The first-order valence-corrected chi connectivity index (χ1v) is 13.5. The fourth-order valence-electron chi connectivity index (χ4n) is 5.63. The number of amides is 1. The number of carbonyl (C=O) groups is 1. The Morgan fingerprint density at radius 3 is 2.69 bits per heavy atom. The molecule has 9 nitrogen and oxygen atoms in total. The number of hydrogen-bond acceptors (Lipinski definition) is 7. The molecule has 0 spiro atoms. The lowest BCUT2D eigenvalue weighted by atomic mass is 9.98. The van der Waals surface area contributed by atoms with Gasteiger partial charge >= 0.3 is 0 Å². The minimum atomic E-state index is -0.531. The largest absolute Gasteiger partial charge is 0.371 e. The number of morpholine rings is 1. The zero-order valence-electron chi connectivity index (χ0n) is 21.8. The van der Waals surface area contributed by atoms with Gasteiger partial charge in [0.1, 0.15) is 11.8 Å². The van der Waals surface area contributed by atoms with Gasteiger partial charge in [-0.2, -0.15) is 4.98 Å². The van der Waals surface area contributed by atoms with Gasteiger partial charge in [-0.3, -0.25) is 14.2 Å². The van der Waals surface area contributed by atoms with Crippen molar-refractivity contribution in [1.82, 2.24) is 24.8 Å². The van der Waals surface area contributed by atoms with E-state index in [1.165, 1.54) is 0 Å². The van der Waals surface area contributed by atoms with E-state index in [1.54, 1.807) is 10.8 Å². The minimum absolute atomic E-state index is 0.0562. The number of hydrogen-bond donors (Lipinski definition) is 2. The highest BCUT2D eigenvalue weighted by Crippen LogP contribution is 2.39. The Hall–Kier alpha value is -4.08. The molecule has 1 saturated heterocycles. The smallest absolute Gasteiger partial charge is 0.257 e. The average molecular weight is 523 g/mol. The summed E-state index contributed by atoms with van der Waals surface area (Å²) >= 11 is 0. The van der Waals surface area contributed by atoms with Gasteiger partial charge in [-0.05, 0) is 61.2 Å². The molecule has 39 heavy (non-hydrogen) atoms. The Morgan fingerprint density at radius 1 is 1.08 bits per heavy atom. The number of ether oxygens (including phenoxy) is 1. The van der Waals surface area contributed by atoms with Crippen molar-refractivity contribution >= 4 is 28.6 Å². The molecular formula is C30H30N6O3. The van der Waals surface area contributed by atoms with Gasteiger partial charge in [-0.15, -0.1) is 0 Å². The van der Waals surface area contributed by atoms with Crippen molar-refractivity contribution in [2.45, 2.75) is 37.5 Å². The molecule has 4 aromatic rings. The van der Waals surface area contributed by atoms with Crippen LogP contribution in [-0.4, -0.2) is 52.1 Å². The highest BCUT2D eigenvalue weighted by Gasteiger charge is 2.32. The van der Waals surface area contributed by atoms with E-state index in [0.717, 1.165) is 60.3 Å². The van der Waals surface area contributed by atoms with Crippen LogP contribution in [0.1, 0.15) is 58.1 Å². The normalized spacial score (nSPS) is 21.4. The molecular weight excluding hydrogens is 492 g/mol. The summed E-state index contributed by atoms with van der Waals surface area (Å²) in [4.78, 5) is 38.3. The van der Waals surface area contributed by atoms with E-state index in [-0.39, 0.29) is 23.5 Å². The van der Waals surface area contributed by atoms with Crippen LogP contribution in [0.2, 0.25) is 0 Å². The van der Waals surface area contributed by atoms with E-state index in [1.807, 2.05) is 42.5 Å². The summed E-state index contributed by atoms with van der Waals surface area (Å²) in [6.45, 7) is 2.53. The molecule has 4 heterocycles. The number of nitrogens with one attached hydrogen (secondary N) is 2. The molecule has 2 aliphatic heterocycles. The first-order chi connectivity index (χ1) is 19.0. The highest BCUT2D eigenvalue weighted by atomic mass is 16.5. The number of benzene rings is 2. The molecule has 1 aliphatic carbocycles. The predicted molar refractivity (Wildman–Crippen MR) is 148 cm³/mol. The molecule has 1 amide bonds. The van der Waals surface area contributed by atoms with Crippen LogP contribution in [0.5, 0.6) is 0 Å². The van der Waals surface area contributed by atoms with Crippen molar-refractivity contribution in [3.63, 3.8) is 0 Å². The second-order valence-corrected chi connectivity index (χ2v) is 10.7. The molecule has 198 valence electrons. The van der Waals surface area contributed by atoms with Crippen molar-refractivity contribution in [1.29, 1.82) is 0 Å². The average Bonchev–Trinajstić information content (AvgIpc) is 3.79. The van der Waals surface area contributed by atoms with Gasteiger partial charge in [-0.1, -0.05) is 30.3 Å². The molecule has 0 radical (unpaired) electrons. The van der Waals surface area contributed by atoms with Gasteiger partial charge in [0, 0.05) is 47.9 Å². The SMILES string of the molecule is CN1CCOC(c2ccc(Nc3ncc4cc(C5CC5)c(=O)n(C5Cc6ccccc6C(=O)N5)c4n3)cc2)C1. The second kappa shape index (κ2) is 9.59. The monoisotopic (exact) mass is 522 g/mol. The van der Waals surface area contributed by atoms with Crippen molar-refractivity contribution in [2.75, 3.05) is 32.1 Å². The number of fused-ring (bicyclic) bond motifs is 2. The Balaban J connectivity index is 1.23. The number of aromatic nitrogens is 3. The molecule has 0 bridgehead atoms. The lowest BCUT2D eigenvalue weighted by Gasteiger charge is -2.30. The molecule has 7 rings (SSSR count). The van der Waals surface area contributed by atoms with Gasteiger partial charge < -0.3 is 20.3 Å². The second-order valence-electron chi connectivity index (χ2n) is 10.7. The van der Waals surface area contributed by atoms with Crippen LogP contribution in [0.4, 0.5) is 11.6 Å². The zero-order chi connectivity index (χ0) is 26.5. The van der Waals surface area contributed by atoms with E-state index in [4.69, 9.17) is 9.72 Å². The summed E-state index contributed by atoms with van der Waals surface area (Å²) in [6.07, 6.45) is 3.79. The number of carbonyl (C=O) groups excluding carboxylic acids is 1. The van der Waals surface area contributed by atoms with Crippen LogP contribution in [0.15, 0.2) is 65.6 Å². The summed E-state index contributed by atoms with van der Waals surface area (Å²) in [5.41, 5.74) is 4.71. The molecule has 2 unspecified atom stereocenters. The Bertz CT molecular complexity index is 1630. The third-order valence-electron chi connectivity index (χ3n) is 7.91. The van der Waals surface area contributed by atoms with Gasteiger partial charge in [0.05, 0.1) is 12.7 Å². The summed E-state index contributed by atoms with van der Waals surface area (Å²) < 4.78 is 7.59. The zero-order valence-corrected chi connectivity index (χ0v) is 21.8. The van der Waals surface area contributed by atoms with Crippen LogP contribution in [0.25, 0.3) is 11.0 Å². The lowest BCUT2D eigenvalue weighted by molar-refractivity contribution is -0.0208. The summed E-state index contributed by atoms with van der Waals surface area (Å²) in [5.74, 6) is 0.460. The number of nitrogens with zero attached hydrogens (tertiary/aromatic N) is 4. The first-order valence-electron chi connectivity index (χ1n) is 13.5. The molecule has 2 aromatic heterocycles. The maximum absolute atomic E-state index is 13.8. The van der Waals surface area contributed by atoms with E-state index in [0.29, 0.717) is 23.6 Å². The van der Waals surface area contributed by atoms with Crippen LogP contribution >= 0.6 is 0 Å². The fourth-order valence-corrected chi connectivity index (χ4v) is 5.63. The van der Waals surface area contributed by atoms with Crippen molar-refractivity contribution in [2.24, 2.45) is 0 Å². The number of rotatable bonds is 5. The fraction of sp³-hybridized carbons (Fsp3) is 0.333. The van der Waals surface area contributed by atoms with Gasteiger partial charge in [0.2, 0.25) is 5.95 Å². The number of likely N-dealkylation sites (N-methyl/N-ethyl adjacent to an activating group) is 1. The van der Waals surface area contributed by atoms with Crippen molar-refractivity contribution < 1.29 is 9.53 Å². The van der Waals surface area contributed by atoms with Crippen molar-refractivity contribution in [3.05, 3.63) is 93.4 Å². The minimum Gasteiger partial charge on any atom is -0.371 e. The van der Waals surface area contributed by atoms with Crippen LogP contribution in [0, 0.1) is 0 Å². The molecule has 2 atom stereocenters. The van der Waals surface area contributed by atoms with E-state index in [2.05, 4.69) is 39.7 Å². The standard InChI is InChI=1S/C30H30N6O3/c1-35-12-13-39-25(17-35)19-8-10-22(11-9-19)32-30-31-16-21-14-24(18-6-7-18)29(38)36(27(21)34-30)26-15-20-4-2-3-5-23(20)28(37)33-26/h2-5,8-11,14,16,18,25-26H,6-7,12-13,15,17H2,1H3,(H,33,37)(H,31,32,34). The Morgan fingerprint density at radius 2 is 1.90 bits per heavy atom. The lowest BCUT2D eigenvalue weighted by Crippen LogP contribution is -2.43. The summed E-state index contributed by atoms with van der Waals surface area (Å²) in [6, 6.07) is 17.5. The molecule has 2 N–H and O–H groups in total. The van der Waals surface area contributed by atoms with Crippen LogP contribution in [0.3, 0.4) is 0 Å². The highest BCUT2D eigenvalue weighted by molar-refractivity contribution is 5.97. The molecule has 2 aromatic carbocycles. The topological polar surface area (TPSA) is 101 Å². The number of anilines is 2. The van der Waals surface area contributed by atoms with Crippen LogP contribution < -0.4 is 16.2 Å². The third kappa shape index (κ3) is 4.57. The quantitative estimate of drug-likeness (QED) is 0.410. The number of pyridine rings is 1. The Labute approximate surface area is 225 Å². The molecule has 3 aliphatic rings. The first kappa shape index (κ1) is 24.0. The summed E-state index contributed by atoms with van der Waals surface area (Å²) in [5, 5.41) is 7.11. The molecule has 9 heteroatoms. The van der Waals surface area contributed by atoms with Gasteiger partial charge in [-0.25, -0.2) is 4.98 Å². The maximum Gasteiger partial charge on any atom is 0.257 e. The molecule has 2 fully saturated rings. The third-order valence-corrected chi connectivity index (χ3v) is 7.91. The Kier molecular flexibility index (Phi) is 5.90. The van der Waals surface area contributed by atoms with E-state index in [9.17, 15) is 9.59 Å². The van der Waals surface area contributed by atoms with Crippen molar-refractivity contribution in [3.8, 4) is 0 Å². The molecule has 1 saturated carbocycles. The summed E-state index contributed by atoms with van der Waals surface area (Å²) in [7, 11) is 2.10. The van der Waals surface area contributed by atoms with Crippen LogP contribution in [-0.2, 0) is 11.2 Å². The maximum atomic E-state index is 13.8. The van der Waals surface area contributed by atoms with Gasteiger partial charge in [0.15, 0.2) is 0 Å². The van der Waals surface area contributed by atoms with E-state index < -0.39 is 6.17 Å². The van der Waals surface area contributed by atoms with E-state index >= 15 is 0 Å². The van der Waals surface area contributed by atoms with Gasteiger partial charge in [0.25, 0.3) is 11.5 Å². The predicted octanol–water partition coefficient (Wildman–Crippen LogP) is 3.90.